The van der Waals surface area contributed by atoms with E-state index in [-0.39, 0.29) is 23.3 Å². The van der Waals surface area contributed by atoms with Gasteiger partial charge < -0.3 is 10.4 Å². The van der Waals surface area contributed by atoms with E-state index < -0.39 is 0 Å². The largest absolute Gasteiger partial charge is 0.507 e. The number of hydrogen-bond acceptors (Lipinski definition) is 2. The van der Waals surface area contributed by atoms with Crippen molar-refractivity contribution < 1.29 is 9.90 Å². The average molecular weight is 226 g/mol. The number of carbonyl (C=O) groups excluding carboxylic acids is 1. The molecule has 0 heterocycles. The fraction of sp³-hybridized carbons (Fsp3) is 0.182. The highest BCUT2D eigenvalue weighted by Gasteiger charge is 2.12. The number of phenols is 1. The summed E-state index contributed by atoms with van der Waals surface area (Å²) in [4.78, 5) is 11.6. The SMILES string of the molecule is C=CC(C)NC(=O)c1cc(Cl)ccc1O. The summed E-state index contributed by atoms with van der Waals surface area (Å²) < 4.78 is 0. The van der Waals surface area contributed by atoms with Crippen LogP contribution in [0.25, 0.3) is 0 Å². The van der Waals surface area contributed by atoms with Crippen molar-refractivity contribution in [1.82, 2.24) is 5.32 Å². The first kappa shape index (κ1) is 11.6. The molecule has 80 valence electrons. The molecule has 1 atom stereocenters. The maximum absolute atomic E-state index is 11.6. The molecule has 0 aliphatic heterocycles. The van der Waals surface area contributed by atoms with Crippen molar-refractivity contribution in [3.05, 3.63) is 41.4 Å². The van der Waals surface area contributed by atoms with Crippen LogP contribution >= 0.6 is 11.6 Å². The molecule has 1 rings (SSSR count). The number of rotatable bonds is 3. The van der Waals surface area contributed by atoms with Crippen LogP contribution in [0.1, 0.15) is 17.3 Å². The zero-order chi connectivity index (χ0) is 11.4. The number of aromatic hydroxyl groups is 1. The summed E-state index contributed by atoms with van der Waals surface area (Å²) in [5.74, 6) is -0.462. The summed E-state index contributed by atoms with van der Waals surface area (Å²) in [6, 6.07) is 4.17. The number of nitrogens with one attached hydrogen (secondary N) is 1. The van der Waals surface area contributed by atoms with E-state index in [0.717, 1.165) is 0 Å². The van der Waals surface area contributed by atoms with Crippen molar-refractivity contribution in [3.63, 3.8) is 0 Å². The molecule has 0 aromatic heterocycles. The van der Waals surface area contributed by atoms with Crippen LogP contribution < -0.4 is 5.32 Å². The van der Waals surface area contributed by atoms with Crippen molar-refractivity contribution in [2.45, 2.75) is 13.0 Å². The van der Waals surface area contributed by atoms with E-state index in [0.29, 0.717) is 5.02 Å². The number of benzene rings is 1. The summed E-state index contributed by atoms with van der Waals surface area (Å²) in [5.41, 5.74) is 0.163. The highest BCUT2D eigenvalue weighted by Crippen LogP contribution is 2.21. The molecule has 0 radical (unpaired) electrons. The Hall–Kier alpha value is -1.48. The summed E-state index contributed by atoms with van der Waals surface area (Å²) in [6.45, 7) is 5.33. The van der Waals surface area contributed by atoms with Gasteiger partial charge in [-0.1, -0.05) is 17.7 Å². The molecule has 0 aliphatic rings. The standard InChI is InChI=1S/C11H12ClNO2/c1-3-7(2)13-11(15)9-6-8(12)4-5-10(9)14/h3-7,14H,1H2,2H3,(H,13,15). The average Bonchev–Trinajstić information content (AvgIpc) is 2.21. The molecule has 1 aromatic rings. The van der Waals surface area contributed by atoms with E-state index in [4.69, 9.17) is 11.6 Å². The summed E-state index contributed by atoms with van der Waals surface area (Å²) in [5, 5.41) is 12.5. The van der Waals surface area contributed by atoms with Gasteiger partial charge in [0.1, 0.15) is 5.75 Å². The molecule has 0 saturated carbocycles. The van der Waals surface area contributed by atoms with Crippen molar-refractivity contribution in [1.29, 1.82) is 0 Å². The van der Waals surface area contributed by atoms with Gasteiger partial charge in [-0.3, -0.25) is 4.79 Å². The van der Waals surface area contributed by atoms with E-state index in [9.17, 15) is 9.90 Å². The molecule has 1 aromatic carbocycles. The number of carbonyl (C=O) groups is 1. The Balaban J connectivity index is 2.90. The van der Waals surface area contributed by atoms with Gasteiger partial charge in [0.25, 0.3) is 5.91 Å². The van der Waals surface area contributed by atoms with Crippen molar-refractivity contribution in [2.24, 2.45) is 0 Å². The third-order valence-corrected chi connectivity index (χ3v) is 2.15. The lowest BCUT2D eigenvalue weighted by atomic mass is 10.1. The fourth-order valence-corrected chi connectivity index (χ4v) is 1.21. The number of phenolic OH excluding ortho intramolecular Hbond substituents is 1. The zero-order valence-corrected chi connectivity index (χ0v) is 9.08. The quantitative estimate of drug-likeness (QED) is 0.776. The Morgan fingerprint density at radius 1 is 1.67 bits per heavy atom. The van der Waals surface area contributed by atoms with Crippen LogP contribution in [0.3, 0.4) is 0 Å². The third kappa shape index (κ3) is 2.99. The second kappa shape index (κ2) is 4.84. The maximum Gasteiger partial charge on any atom is 0.255 e. The van der Waals surface area contributed by atoms with Gasteiger partial charge >= 0.3 is 0 Å². The van der Waals surface area contributed by atoms with Crippen molar-refractivity contribution >= 4 is 17.5 Å². The zero-order valence-electron chi connectivity index (χ0n) is 8.33. The van der Waals surface area contributed by atoms with E-state index in [1.165, 1.54) is 18.2 Å². The van der Waals surface area contributed by atoms with Gasteiger partial charge in [0.05, 0.1) is 5.56 Å². The molecule has 0 bridgehead atoms. The second-order valence-corrected chi connectivity index (χ2v) is 3.60. The normalized spacial score (nSPS) is 11.9. The van der Waals surface area contributed by atoms with Gasteiger partial charge in [0.2, 0.25) is 0 Å². The lowest BCUT2D eigenvalue weighted by Gasteiger charge is -2.10. The van der Waals surface area contributed by atoms with Gasteiger partial charge in [-0.05, 0) is 25.1 Å². The lowest BCUT2D eigenvalue weighted by Crippen LogP contribution is -2.30. The van der Waals surface area contributed by atoms with Crippen molar-refractivity contribution in [3.8, 4) is 5.75 Å². The van der Waals surface area contributed by atoms with Crippen LogP contribution in [-0.4, -0.2) is 17.1 Å². The molecule has 1 unspecified atom stereocenters. The van der Waals surface area contributed by atoms with Crippen LogP contribution in [0.15, 0.2) is 30.9 Å². The summed E-state index contributed by atoms with van der Waals surface area (Å²) in [7, 11) is 0. The van der Waals surface area contributed by atoms with Crippen LogP contribution in [-0.2, 0) is 0 Å². The lowest BCUT2D eigenvalue weighted by molar-refractivity contribution is 0.0944. The molecule has 0 saturated heterocycles. The van der Waals surface area contributed by atoms with Crippen LogP contribution in [0.2, 0.25) is 5.02 Å². The van der Waals surface area contributed by atoms with Gasteiger partial charge in [0, 0.05) is 11.1 Å². The molecular weight excluding hydrogens is 214 g/mol. The molecule has 0 spiro atoms. The Kier molecular flexibility index (Phi) is 3.74. The first-order valence-electron chi connectivity index (χ1n) is 4.46. The minimum absolute atomic E-state index is 0.0897. The Morgan fingerprint density at radius 3 is 2.93 bits per heavy atom. The molecule has 0 aliphatic carbocycles. The Bertz CT molecular complexity index is 390. The molecule has 4 heteroatoms. The Labute approximate surface area is 93.4 Å². The molecule has 15 heavy (non-hydrogen) atoms. The predicted molar refractivity (Wildman–Crippen MR) is 60.2 cm³/mol. The number of amides is 1. The van der Waals surface area contributed by atoms with E-state index in [1.54, 1.807) is 13.0 Å². The van der Waals surface area contributed by atoms with E-state index in [1.807, 2.05) is 0 Å². The third-order valence-electron chi connectivity index (χ3n) is 1.92. The molecule has 0 fully saturated rings. The van der Waals surface area contributed by atoms with Crippen LogP contribution in [0, 0.1) is 0 Å². The second-order valence-electron chi connectivity index (χ2n) is 3.16. The molecular formula is C11H12ClNO2. The first-order valence-corrected chi connectivity index (χ1v) is 4.84. The molecule has 3 nitrogen and oxygen atoms in total. The minimum atomic E-state index is -0.373. The topological polar surface area (TPSA) is 49.3 Å². The predicted octanol–water partition coefficient (Wildman–Crippen LogP) is 2.35. The minimum Gasteiger partial charge on any atom is -0.507 e. The first-order chi connectivity index (χ1) is 7.04. The van der Waals surface area contributed by atoms with Gasteiger partial charge in [0.15, 0.2) is 0 Å². The van der Waals surface area contributed by atoms with Gasteiger partial charge in [-0.25, -0.2) is 0 Å². The van der Waals surface area contributed by atoms with E-state index >= 15 is 0 Å². The maximum atomic E-state index is 11.6. The smallest absolute Gasteiger partial charge is 0.255 e. The van der Waals surface area contributed by atoms with E-state index in [2.05, 4.69) is 11.9 Å². The number of halogens is 1. The highest BCUT2D eigenvalue weighted by atomic mass is 35.5. The summed E-state index contributed by atoms with van der Waals surface area (Å²) >= 11 is 5.72. The van der Waals surface area contributed by atoms with Gasteiger partial charge in [-0.15, -0.1) is 6.58 Å². The monoisotopic (exact) mass is 225 g/mol. The van der Waals surface area contributed by atoms with Crippen LogP contribution in [0.4, 0.5) is 0 Å². The number of hydrogen-bond donors (Lipinski definition) is 2. The molecule has 1 amide bonds. The Morgan fingerprint density at radius 2 is 2.33 bits per heavy atom. The molecule has 2 N–H and O–H groups in total. The fourth-order valence-electron chi connectivity index (χ4n) is 1.03. The van der Waals surface area contributed by atoms with Gasteiger partial charge in [-0.2, -0.15) is 0 Å². The highest BCUT2D eigenvalue weighted by molar-refractivity contribution is 6.31. The van der Waals surface area contributed by atoms with Crippen molar-refractivity contribution in [2.75, 3.05) is 0 Å². The summed E-state index contributed by atoms with van der Waals surface area (Å²) in [6.07, 6.45) is 1.60. The van der Waals surface area contributed by atoms with Crippen LogP contribution in [0.5, 0.6) is 5.75 Å².